The van der Waals surface area contributed by atoms with E-state index < -0.39 is 5.97 Å². The lowest BCUT2D eigenvalue weighted by Gasteiger charge is -2.27. The molecule has 0 saturated heterocycles. The van der Waals surface area contributed by atoms with Crippen LogP contribution in [0.5, 0.6) is 11.6 Å². The second-order valence-corrected chi connectivity index (χ2v) is 9.23. The van der Waals surface area contributed by atoms with Crippen LogP contribution in [0.4, 0.5) is 11.8 Å². The van der Waals surface area contributed by atoms with Crippen molar-refractivity contribution in [1.29, 1.82) is 0 Å². The van der Waals surface area contributed by atoms with Crippen molar-refractivity contribution in [2.45, 2.75) is 51.6 Å². The van der Waals surface area contributed by atoms with Gasteiger partial charge in [0.1, 0.15) is 5.75 Å². The van der Waals surface area contributed by atoms with Gasteiger partial charge in [-0.3, -0.25) is 4.79 Å². The quantitative estimate of drug-likeness (QED) is 0.469. The molecule has 0 aliphatic heterocycles. The minimum Gasteiger partial charge on any atom is -0.489 e. The van der Waals surface area contributed by atoms with Gasteiger partial charge >= 0.3 is 5.97 Å². The molecule has 11 heteroatoms. The summed E-state index contributed by atoms with van der Waals surface area (Å²) < 4.78 is 13.5. The Hall–Kier alpha value is -3.76. The number of aromatic nitrogens is 6. The first kappa shape index (κ1) is 23.0. The molecule has 2 saturated carbocycles. The van der Waals surface area contributed by atoms with E-state index in [0.717, 1.165) is 12.8 Å². The van der Waals surface area contributed by atoms with Crippen molar-refractivity contribution < 1.29 is 19.4 Å². The molecule has 0 unspecified atom stereocenters. The van der Waals surface area contributed by atoms with Gasteiger partial charge in [0.05, 0.1) is 30.0 Å². The standard InChI is InChI=1S/C24H29N7O4/c1-14-19(35-17-5-3-4-16(12-17)23(32)33)9-8-18(26-14)21-22(31(2)30-29-21)28-24-25-11-10-20(27-24)34-13-15-6-7-15/h8-11,15-17H,3-7,12-13H2,1-2H3,(H,32,33)(H,25,27,28)/t16-,17-/m0/s1. The van der Waals surface area contributed by atoms with Gasteiger partial charge in [-0.05, 0) is 63.5 Å². The van der Waals surface area contributed by atoms with Crippen molar-refractivity contribution in [3.05, 3.63) is 30.1 Å². The number of ether oxygens (including phenoxy) is 2. The van der Waals surface area contributed by atoms with Gasteiger partial charge in [-0.25, -0.2) is 14.6 Å². The SMILES string of the molecule is Cc1nc(-c2nnn(C)c2Nc2nccc(OCC3CC3)n2)ccc1O[C@H]1CCC[C@H](C(=O)O)C1. The van der Waals surface area contributed by atoms with Crippen molar-refractivity contribution in [2.24, 2.45) is 18.9 Å². The number of hydrogen-bond donors (Lipinski definition) is 2. The van der Waals surface area contributed by atoms with Crippen LogP contribution in [0.1, 0.15) is 44.2 Å². The van der Waals surface area contributed by atoms with Crippen LogP contribution >= 0.6 is 0 Å². The third-order valence-electron chi connectivity index (χ3n) is 6.40. The van der Waals surface area contributed by atoms with Gasteiger partial charge in [0.15, 0.2) is 11.5 Å². The molecule has 0 bridgehead atoms. The normalized spacial score (nSPS) is 19.8. The van der Waals surface area contributed by atoms with Gasteiger partial charge < -0.3 is 19.9 Å². The Morgan fingerprint density at radius 3 is 2.83 bits per heavy atom. The Labute approximate surface area is 202 Å². The van der Waals surface area contributed by atoms with E-state index in [2.05, 4.69) is 30.6 Å². The van der Waals surface area contributed by atoms with E-state index in [-0.39, 0.29) is 12.0 Å². The van der Waals surface area contributed by atoms with Crippen LogP contribution in [0.15, 0.2) is 24.4 Å². The maximum absolute atomic E-state index is 11.4. The highest BCUT2D eigenvalue weighted by Gasteiger charge is 2.28. The summed E-state index contributed by atoms with van der Waals surface area (Å²) in [6, 6.07) is 5.42. The molecule has 0 aromatic carbocycles. The summed E-state index contributed by atoms with van der Waals surface area (Å²) in [4.78, 5) is 24.8. The third kappa shape index (κ3) is 5.50. The summed E-state index contributed by atoms with van der Waals surface area (Å²) in [5.74, 6) is 1.67. The lowest BCUT2D eigenvalue weighted by Crippen LogP contribution is -2.29. The number of aliphatic carboxylic acids is 1. The van der Waals surface area contributed by atoms with E-state index in [0.29, 0.717) is 65.8 Å². The number of hydrogen-bond acceptors (Lipinski definition) is 9. The first-order chi connectivity index (χ1) is 17.0. The van der Waals surface area contributed by atoms with Gasteiger partial charge in [-0.2, -0.15) is 4.98 Å². The molecule has 2 fully saturated rings. The first-order valence-electron chi connectivity index (χ1n) is 12.0. The maximum Gasteiger partial charge on any atom is 0.306 e. The monoisotopic (exact) mass is 479 g/mol. The number of carbonyl (C=O) groups is 1. The fourth-order valence-electron chi connectivity index (χ4n) is 4.21. The Morgan fingerprint density at radius 1 is 1.20 bits per heavy atom. The fraction of sp³-hybridized carbons (Fsp3) is 0.500. The summed E-state index contributed by atoms with van der Waals surface area (Å²) in [7, 11) is 1.78. The number of pyridine rings is 1. The van der Waals surface area contributed by atoms with Crippen molar-refractivity contribution in [3.8, 4) is 23.0 Å². The predicted molar refractivity (Wildman–Crippen MR) is 127 cm³/mol. The summed E-state index contributed by atoms with van der Waals surface area (Å²) in [5.41, 5.74) is 1.88. The molecule has 5 rings (SSSR count). The molecule has 35 heavy (non-hydrogen) atoms. The molecule has 3 aromatic rings. The Morgan fingerprint density at radius 2 is 2.06 bits per heavy atom. The van der Waals surface area contributed by atoms with Gasteiger partial charge in [0, 0.05) is 19.3 Å². The van der Waals surface area contributed by atoms with Gasteiger partial charge in [-0.1, -0.05) is 5.21 Å². The number of carboxylic acids is 1. The largest absolute Gasteiger partial charge is 0.489 e. The number of carboxylic acid groups (broad SMARTS) is 1. The van der Waals surface area contributed by atoms with Crippen LogP contribution in [-0.2, 0) is 11.8 Å². The van der Waals surface area contributed by atoms with Crippen molar-refractivity contribution >= 4 is 17.7 Å². The maximum atomic E-state index is 11.4. The van der Waals surface area contributed by atoms with E-state index in [1.54, 1.807) is 24.0 Å². The average Bonchev–Trinajstić information content (AvgIpc) is 3.62. The van der Waals surface area contributed by atoms with E-state index in [4.69, 9.17) is 9.47 Å². The average molecular weight is 480 g/mol. The van der Waals surface area contributed by atoms with Crippen LogP contribution < -0.4 is 14.8 Å². The summed E-state index contributed by atoms with van der Waals surface area (Å²) in [6.07, 6.45) is 6.83. The molecule has 0 amide bonds. The van der Waals surface area contributed by atoms with Crippen LogP contribution in [0.25, 0.3) is 11.4 Å². The first-order valence-corrected chi connectivity index (χ1v) is 12.0. The van der Waals surface area contributed by atoms with E-state index in [1.165, 1.54) is 12.8 Å². The van der Waals surface area contributed by atoms with Crippen molar-refractivity contribution in [2.75, 3.05) is 11.9 Å². The molecular weight excluding hydrogens is 450 g/mol. The Balaban J connectivity index is 1.31. The zero-order chi connectivity index (χ0) is 24.4. The predicted octanol–water partition coefficient (Wildman–Crippen LogP) is 3.53. The molecule has 2 atom stereocenters. The summed E-state index contributed by atoms with van der Waals surface area (Å²) in [5, 5.41) is 20.9. The Bertz CT molecular complexity index is 1210. The van der Waals surface area contributed by atoms with Crippen LogP contribution in [0, 0.1) is 18.8 Å². The molecule has 3 heterocycles. The van der Waals surface area contributed by atoms with Crippen LogP contribution in [0.3, 0.4) is 0 Å². The topological polar surface area (TPSA) is 137 Å². The second kappa shape index (κ2) is 9.85. The number of aryl methyl sites for hydroxylation is 2. The zero-order valence-corrected chi connectivity index (χ0v) is 19.8. The van der Waals surface area contributed by atoms with E-state index in [1.807, 2.05) is 19.1 Å². The minimum absolute atomic E-state index is 0.128. The smallest absolute Gasteiger partial charge is 0.306 e. The fourth-order valence-corrected chi connectivity index (χ4v) is 4.21. The van der Waals surface area contributed by atoms with E-state index in [9.17, 15) is 9.90 Å². The molecule has 0 spiro atoms. The zero-order valence-electron chi connectivity index (χ0n) is 19.8. The second-order valence-electron chi connectivity index (χ2n) is 9.23. The van der Waals surface area contributed by atoms with E-state index >= 15 is 0 Å². The highest BCUT2D eigenvalue weighted by molar-refractivity contribution is 5.72. The number of anilines is 2. The van der Waals surface area contributed by atoms with Crippen molar-refractivity contribution in [1.82, 2.24) is 29.9 Å². The summed E-state index contributed by atoms with van der Waals surface area (Å²) >= 11 is 0. The molecule has 2 aliphatic rings. The molecule has 2 aliphatic carbocycles. The third-order valence-corrected chi connectivity index (χ3v) is 6.40. The summed E-state index contributed by atoms with van der Waals surface area (Å²) in [6.45, 7) is 2.54. The molecule has 2 N–H and O–H groups in total. The molecule has 184 valence electrons. The highest BCUT2D eigenvalue weighted by Crippen LogP contribution is 2.32. The Kier molecular flexibility index (Phi) is 6.47. The highest BCUT2D eigenvalue weighted by atomic mass is 16.5. The molecule has 11 nitrogen and oxygen atoms in total. The molecular formula is C24H29N7O4. The van der Waals surface area contributed by atoms with Crippen LogP contribution in [0.2, 0.25) is 0 Å². The number of nitrogens with one attached hydrogen (secondary N) is 1. The van der Waals surface area contributed by atoms with Crippen LogP contribution in [-0.4, -0.2) is 53.7 Å². The van der Waals surface area contributed by atoms with Gasteiger partial charge in [0.25, 0.3) is 0 Å². The van der Waals surface area contributed by atoms with Crippen molar-refractivity contribution in [3.63, 3.8) is 0 Å². The lowest BCUT2D eigenvalue weighted by atomic mass is 9.87. The lowest BCUT2D eigenvalue weighted by molar-refractivity contribution is -0.143. The van der Waals surface area contributed by atoms with Gasteiger partial charge in [-0.15, -0.1) is 5.10 Å². The number of rotatable bonds is 9. The molecule has 0 radical (unpaired) electrons. The number of nitrogens with zero attached hydrogens (tertiary/aromatic N) is 6. The minimum atomic E-state index is -0.754. The van der Waals surface area contributed by atoms with Gasteiger partial charge in [0.2, 0.25) is 11.8 Å². The molecule has 3 aromatic heterocycles.